The Kier molecular flexibility index (Phi) is 8.16. The molecule has 4 heterocycles. The van der Waals surface area contributed by atoms with Gasteiger partial charge in [0.25, 0.3) is 0 Å². The SMILES string of the molecule is C[C@H]1C[C@@H](c2ccncc2Nc2ncc3ccc(-c4c(F)cc(C5COC5)cc4F)nn23)C[C@@H](N)[C@H]1OCCS(C)(=O)=O. The van der Waals surface area contributed by atoms with Crippen LogP contribution in [-0.4, -0.2) is 72.0 Å². The highest BCUT2D eigenvalue weighted by Gasteiger charge is 2.36. The maximum atomic E-state index is 15.1. The molecule has 1 aliphatic heterocycles. The van der Waals surface area contributed by atoms with Gasteiger partial charge in [0.15, 0.2) is 0 Å². The van der Waals surface area contributed by atoms with Crippen LogP contribution in [0, 0.1) is 17.6 Å². The molecular weight excluding hydrogens is 578 g/mol. The Morgan fingerprint density at radius 1 is 1.12 bits per heavy atom. The van der Waals surface area contributed by atoms with Crippen LogP contribution >= 0.6 is 0 Å². The average Bonchev–Trinajstić information content (AvgIpc) is 3.30. The Bertz CT molecular complexity index is 1710. The lowest BCUT2D eigenvalue weighted by Gasteiger charge is -2.39. The lowest BCUT2D eigenvalue weighted by atomic mass is 9.74. The number of imidazole rings is 1. The van der Waals surface area contributed by atoms with Crippen LogP contribution in [0.5, 0.6) is 0 Å². The molecule has 13 heteroatoms. The fraction of sp³-hybridized carbons (Fsp3) is 0.433. The molecule has 1 aromatic carbocycles. The predicted molar refractivity (Wildman–Crippen MR) is 158 cm³/mol. The van der Waals surface area contributed by atoms with Crippen molar-refractivity contribution in [2.24, 2.45) is 11.7 Å². The molecular formula is C30H34F2N6O4S. The van der Waals surface area contributed by atoms with E-state index in [-0.39, 0.29) is 53.5 Å². The first-order valence-electron chi connectivity index (χ1n) is 14.2. The molecule has 1 saturated carbocycles. The molecule has 2 aliphatic rings. The Morgan fingerprint density at radius 3 is 2.56 bits per heavy atom. The molecule has 1 aliphatic carbocycles. The molecule has 6 rings (SSSR count). The summed E-state index contributed by atoms with van der Waals surface area (Å²) in [6.07, 6.45) is 7.41. The van der Waals surface area contributed by atoms with Crippen LogP contribution in [-0.2, 0) is 19.3 Å². The summed E-state index contributed by atoms with van der Waals surface area (Å²) in [5.74, 6) is -0.865. The van der Waals surface area contributed by atoms with Crippen LogP contribution in [0.1, 0.15) is 42.7 Å². The lowest BCUT2D eigenvalue weighted by Crippen LogP contribution is -2.47. The van der Waals surface area contributed by atoms with Gasteiger partial charge in [-0.25, -0.2) is 22.2 Å². The minimum absolute atomic E-state index is 0.00777. The van der Waals surface area contributed by atoms with Crippen molar-refractivity contribution in [3.8, 4) is 11.3 Å². The maximum Gasteiger partial charge on any atom is 0.229 e. The molecule has 0 bridgehead atoms. The summed E-state index contributed by atoms with van der Waals surface area (Å²) in [5, 5.41) is 7.86. The minimum atomic E-state index is -3.12. The van der Waals surface area contributed by atoms with Gasteiger partial charge in [0.05, 0.1) is 66.5 Å². The molecule has 43 heavy (non-hydrogen) atoms. The van der Waals surface area contributed by atoms with E-state index in [9.17, 15) is 8.42 Å². The standard InChI is InChI=1S/C30H34F2N6O4S/c1-17-9-19(12-25(33)29(17)42-7-8-43(2,39)40)22-5-6-34-14-27(22)36-30-35-13-21-3-4-26(37-38(21)30)28-23(31)10-18(11-24(28)32)20-15-41-16-20/h3-6,10-11,13-14,17,19-20,25,29H,7-9,12,15-16,33H2,1-2H3,(H,35,36)/t17-,19+,25+,29-/m0/s1. The van der Waals surface area contributed by atoms with Crippen molar-refractivity contribution in [3.05, 3.63) is 71.7 Å². The summed E-state index contributed by atoms with van der Waals surface area (Å²) in [6, 6.07) is 7.64. The first-order chi connectivity index (χ1) is 20.6. The molecule has 0 unspecified atom stereocenters. The van der Waals surface area contributed by atoms with Crippen molar-refractivity contribution in [2.45, 2.75) is 43.7 Å². The van der Waals surface area contributed by atoms with Gasteiger partial charge in [-0.05, 0) is 66.1 Å². The van der Waals surface area contributed by atoms with Gasteiger partial charge in [0, 0.05) is 24.4 Å². The number of ether oxygens (including phenoxy) is 2. The van der Waals surface area contributed by atoms with Crippen molar-refractivity contribution < 1.29 is 26.7 Å². The number of nitrogens with two attached hydrogens (primary N) is 1. The third kappa shape index (κ3) is 6.26. The lowest BCUT2D eigenvalue weighted by molar-refractivity contribution is -0.0152. The van der Waals surface area contributed by atoms with Crippen molar-refractivity contribution in [1.82, 2.24) is 19.6 Å². The van der Waals surface area contributed by atoms with Gasteiger partial charge >= 0.3 is 0 Å². The second kappa shape index (κ2) is 11.9. The molecule has 3 N–H and O–H groups in total. The Morgan fingerprint density at radius 2 is 1.88 bits per heavy atom. The van der Waals surface area contributed by atoms with E-state index in [1.807, 2.05) is 6.07 Å². The number of nitrogens with one attached hydrogen (secondary N) is 1. The molecule has 0 spiro atoms. The number of sulfone groups is 1. The molecule has 1 saturated heterocycles. The number of hydrogen-bond donors (Lipinski definition) is 2. The zero-order chi connectivity index (χ0) is 30.3. The Hall–Kier alpha value is -3.52. The normalized spacial score (nSPS) is 22.9. The van der Waals surface area contributed by atoms with Gasteiger partial charge in [-0.1, -0.05) is 6.92 Å². The number of halogens is 2. The number of nitrogens with zero attached hydrogens (tertiary/aromatic N) is 4. The van der Waals surface area contributed by atoms with E-state index in [1.165, 1.54) is 22.9 Å². The molecule has 0 radical (unpaired) electrons. The van der Waals surface area contributed by atoms with Crippen LogP contribution in [0.2, 0.25) is 0 Å². The van der Waals surface area contributed by atoms with Crippen LogP contribution in [0.3, 0.4) is 0 Å². The second-order valence-electron chi connectivity index (χ2n) is 11.6. The van der Waals surface area contributed by atoms with Crippen molar-refractivity contribution in [2.75, 3.05) is 37.1 Å². The Balaban J connectivity index is 1.23. The molecule has 228 valence electrons. The van der Waals surface area contributed by atoms with Crippen LogP contribution in [0.4, 0.5) is 20.4 Å². The van der Waals surface area contributed by atoms with Crippen LogP contribution in [0.25, 0.3) is 16.8 Å². The zero-order valence-corrected chi connectivity index (χ0v) is 24.7. The van der Waals surface area contributed by atoms with Crippen molar-refractivity contribution >= 4 is 27.0 Å². The minimum Gasteiger partial charge on any atom is -0.380 e. The highest BCUT2D eigenvalue weighted by atomic mass is 32.2. The first kappa shape index (κ1) is 29.5. The quantitative estimate of drug-likeness (QED) is 0.285. The molecule has 3 aromatic heterocycles. The molecule has 4 atom stereocenters. The summed E-state index contributed by atoms with van der Waals surface area (Å²) in [4.78, 5) is 8.77. The van der Waals surface area contributed by atoms with Gasteiger partial charge in [-0.3, -0.25) is 4.98 Å². The van der Waals surface area contributed by atoms with E-state index in [2.05, 4.69) is 27.3 Å². The van der Waals surface area contributed by atoms with E-state index in [0.717, 1.165) is 12.0 Å². The van der Waals surface area contributed by atoms with E-state index >= 15 is 8.78 Å². The molecule has 4 aromatic rings. The molecule has 0 amide bonds. The number of pyridine rings is 1. The topological polar surface area (TPSA) is 134 Å². The highest BCUT2D eigenvalue weighted by Crippen LogP contribution is 2.40. The van der Waals surface area contributed by atoms with E-state index in [1.54, 1.807) is 30.7 Å². The number of rotatable bonds is 9. The van der Waals surface area contributed by atoms with Gasteiger partial charge in [0.2, 0.25) is 5.95 Å². The monoisotopic (exact) mass is 612 g/mol. The number of fused-ring (bicyclic) bond motifs is 1. The van der Waals surface area contributed by atoms with Crippen LogP contribution < -0.4 is 11.1 Å². The number of benzene rings is 1. The third-order valence-corrected chi connectivity index (χ3v) is 9.22. The largest absolute Gasteiger partial charge is 0.380 e. The third-order valence-electron chi connectivity index (χ3n) is 8.32. The summed E-state index contributed by atoms with van der Waals surface area (Å²) in [5.41, 5.74) is 9.40. The van der Waals surface area contributed by atoms with E-state index in [0.29, 0.717) is 42.4 Å². The van der Waals surface area contributed by atoms with E-state index in [4.69, 9.17) is 15.2 Å². The molecule has 10 nitrogen and oxygen atoms in total. The predicted octanol–water partition coefficient (Wildman–Crippen LogP) is 4.20. The van der Waals surface area contributed by atoms with Gasteiger partial charge < -0.3 is 20.5 Å². The summed E-state index contributed by atoms with van der Waals surface area (Å²) >= 11 is 0. The van der Waals surface area contributed by atoms with Crippen molar-refractivity contribution in [3.63, 3.8) is 0 Å². The van der Waals surface area contributed by atoms with Gasteiger partial charge in [0.1, 0.15) is 21.5 Å². The Labute approximate surface area is 248 Å². The number of hydrogen-bond acceptors (Lipinski definition) is 9. The van der Waals surface area contributed by atoms with Crippen LogP contribution in [0.15, 0.2) is 48.9 Å². The summed E-state index contributed by atoms with van der Waals surface area (Å²) in [6.45, 7) is 3.08. The second-order valence-corrected chi connectivity index (χ2v) is 13.9. The van der Waals surface area contributed by atoms with Crippen molar-refractivity contribution in [1.29, 1.82) is 0 Å². The maximum absolute atomic E-state index is 15.1. The number of aromatic nitrogens is 4. The fourth-order valence-corrected chi connectivity index (χ4v) is 6.43. The molecule has 2 fully saturated rings. The fourth-order valence-electron chi connectivity index (χ4n) is 6.03. The summed E-state index contributed by atoms with van der Waals surface area (Å²) in [7, 11) is -3.12. The number of anilines is 2. The average molecular weight is 613 g/mol. The highest BCUT2D eigenvalue weighted by molar-refractivity contribution is 7.90. The van der Waals surface area contributed by atoms with Gasteiger partial charge in [-0.15, -0.1) is 0 Å². The zero-order valence-electron chi connectivity index (χ0n) is 23.9. The van der Waals surface area contributed by atoms with E-state index < -0.39 is 21.5 Å². The summed E-state index contributed by atoms with van der Waals surface area (Å²) < 4.78 is 65.9. The first-order valence-corrected chi connectivity index (χ1v) is 16.3. The smallest absolute Gasteiger partial charge is 0.229 e. The van der Waals surface area contributed by atoms with Gasteiger partial charge in [-0.2, -0.15) is 9.61 Å².